The van der Waals surface area contributed by atoms with Crippen LogP contribution in [-0.4, -0.2) is 48.8 Å². The van der Waals surface area contributed by atoms with Gasteiger partial charge >= 0.3 is 0 Å². The second kappa shape index (κ2) is 5.08. The molecule has 2 bridgehead atoms. The van der Waals surface area contributed by atoms with Gasteiger partial charge in [0.05, 0.1) is 31.0 Å². The molecule has 0 aliphatic carbocycles. The molecule has 0 aromatic heterocycles. The van der Waals surface area contributed by atoms with Crippen LogP contribution in [0.1, 0.15) is 41.5 Å². The van der Waals surface area contributed by atoms with Crippen molar-refractivity contribution in [2.45, 2.75) is 83.8 Å². The molecule has 2 aliphatic heterocycles. The van der Waals surface area contributed by atoms with Gasteiger partial charge in [0.1, 0.15) is 17.8 Å². The van der Waals surface area contributed by atoms with Gasteiger partial charge in [-0.15, -0.1) is 0 Å². The lowest BCUT2D eigenvalue weighted by Crippen LogP contribution is -2.52. The van der Waals surface area contributed by atoms with Crippen LogP contribution in [0.4, 0.5) is 0 Å². The van der Waals surface area contributed by atoms with Crippen LogP contribution < -0.4 is 0 Å². The maximum Gasteiger partial charge on any atom is 0.146 e. The van der Waals surface area contributed by atoms with E-state index in [1.165, 1.54) is 0 Å². The van der Waals surface area contributed by atoms with E-state index in [1.54, 1.807) is 0 Å². The van der Waals surface area contributed by atoms with Crippen LogP contribution in [0.2, 0.25) is 0 Å². The van der Waals surface area contributed by atoms with E-state index < -0.39 is 5.60 Å². The predicted octanol–water partition coefficient (Wildman–Crippen LogP) is 2.15. The van der Waals surface area contributed by atoms with Crippen molar-refractivity contribution in [3.8, 4) is 0 Å². The molecule has 106 valence electrons. The summed E-state index contributed by atoms with van der Waals surface area (Å²) in [4.78, 5) is 0. The molecule has 2 saturated heterocycles. The number of hydrogen-bond acceptors (Lipinski definition) is 4. The minimum Gasteiger partial charge on any atom is -0.376 e. The first-order valence-electron chi connectivity index (χ1n) is 6.97. The van der Waals surface area contributed by atoms with E-state index in [-0.39, 0.29) is 36.6 Å². The number of ether oxygens (including phenoxy) is 4. The van der Waals surface area contributed by atoms with Crippen LogP contribution >= 0.6 is 0 Å². The molecule has 0 aromatic carbocycles. The summed E-state index contributed by atoms with van der Waals surface area (Å²) in [5.74, 6) is 0. The Hall–Kier alpha value is -0.160. The van der Waals surface area contributed by atoms with E-state index in [1.807, 2.05) is 41.5 Å². The Labute approximate surface area is 110 Å². The van der Waals surface area contributed by atoms with Crippen LogP contribution in [0.5, 0.6) is 0 Å². The van der Waals surface area contributed by atoms with Crippen LogP contribution in [0.15, 0.2) is 0 Å². The van der Waals surface area contributed by atoms with Crippen molar-refractivity contribution in [2.24, 2.45) is 0 Å². The first kappa shape index (κ1) is 14.3. The van der Waals surface area contributed by atoms with E-state index >= 15 is 0 Å². The van der Waals surface area contributed by atoms with Crippen LogP contribution in [-0.2, 0) is 18.9 Å². The maximum absolute atomic E-state index is 6.15. The monoisotopic (exact) mass is 258 g/mol. The van der Waals surface area contributed by atoms with Gasteiger partial charge in [0.25, 0.3) is 0 Å². The molecule has 4 heteroatoms. The Kier molecular flexibility index (Phi) is 4.02. The van der Waals surface area contributed by atoms with Gasteiger partial charge in [0.15, 0.2) is 0 Å². The van der Waals surface area contributed by atoms with Gasteiger partial charge < -0.3 is 18.9 Å². The average molecular weight is 258 g/mol. The Morgan fingerprint density at radius 2 is 1.78 bits per heavy atom. The van der Waals surface area contributed by atoms with Crippen molar-refractivity contribution < 1.29 is 18.9 Å². The van der Waals surface area contributed by atoms with E-state index in [4.69, 9.17) is 18.9 Å². The standard InChI is InChI=1S/C14H26O4/c1-8(2)15-7-14-11(6)17-12(10(5)18-14)13(14)16-9(3)4/h8-13H,7H2,1-6H3/t10-,11+,12-,13-,14-/m0/s1. The summed E-state index contributed by atoms with van der Waals surface area (Å²) in [7, 11) is 0. The lowest BCUT2D eigenvalue weighted by molar-refractivity contribution is -0.204. The quantitative estimate of drug-likeness (QED) is 0.757. The minimum absolute atomic E-state index is 0.0150. The van der Waals surface area contributed by atoms with E-state index in [0.717, 1.165) is 0 Å². The summed E-state index contributed by atoms with van der Waals surface area (Å²) >= 11 is 0. The number of hydrogen-bond donors (Lipinski definition) is 0. The van der Waals surface area contributed by atoms with Gasteiger partial charge in [0, 0.05) is 0 Å². The number of fused-ring (bicyclic) bond motifs is 2. The average Bonchev–Trinajstić information content (AvgIpc) is 2.64. The van der Waals surface area contributed by atoms with E-state index in [2.05, 4.69) is 0 Å². The Balaban J connectivity index is 2.16. The van der Waals surface area contributed by atoms with Crippen LogP contribution in [0.25, 0.3) is 0 Å². The topological polar surface area (TPSA) is 36.9 Å². The molecule has 0 saturated carbocycles. The zero-order valence-corrected chi connectivity index (χ0v) is 12.3. The fourth-order valence-corrected chi connectivity index (χ4v) is 2.88. The van der Waals surface area contributed by atoms with Gasteiger partial charge in [-0.05, 0) is 41.5 Å². The summed E-state index contributed by atoms with van der Waals surface area (Å²) in [6, 6.07) is 0. The molecular weight excluding hydrogens is 232 g/mol. The van der Waals surface area contributed by atoms with Crippen molar-refractivity contribution in [3.05, 3.63) is 0 Å². The molecular formula is C14H26O4. The first-order chi connectivity index (χ1) is 8.36. The second-order valence-electron chi connectivity index (χ2n) is 5.99. The van der Waals surface area contributed by atoms with Gasteiger partial charge in [-0.3, -0.25) is 0 Å². The van der Waals surface area contributed by atoms with Crippen molar-refractivity contribution in [3.63, 3.8) is 0 Å². The maximum atomic E-state index is 6.15. The second-order valence-corrected chi connectivity index (χ2v) is 5.99. The summed E-state index contributed by atoms with van der Waals surface area (Å²) in [6.45, 7) is 12.8. The highest BCUT2D eigenvalue weighted by atomic mass is 16.7. The van der Waals surface area contributed by atoms with Crippen molar-refractivity contribution >= 4 is 0 Å². The first-order valence-corrected chi connectivity index (χ1v) is 6.97. The SMILES string of the molecule is CC(C)OC[C@]12O[C@@H](C)[C@H](O[C@@H]1C)[C@@H]2OC(C)C. The third-order valence-corrected chi connectivity index (χ3v) is 3.76. The molecule has 0 aromatic rings. The summed E-state index contributed by atoms with van der Waals surface area (Å²) < 4.78 is 24.0. The highest BCUT2D eigenvalue weighted by molar-refractivity contribution is 5.12. The Morgan fingerprint density at radius 1 is 1.11 bits per heavy atom. The fraction of sp³-hybridized carbons (Fsp3) is 1.00. The highest BCUT2D eigenvalue weighted by Crippen LogP contribution is 2.46. The normalized spacial score (nSPS) is 43.3. The fourth-order valence-electron chi connectivity index (χ4n) is 2.88. The van der Waals surface area contributed by atoms with Gasteiger partial charge in [-0.1, -0.05) is 0 Å². The van der Waals surface area contributed by atoms with Crippen LogP contribution in [0.3, 0.4) is 0 Å². The summed E-state index contributed by atoms with van der Waals surface area (Å²) in [6.07, 6.45) is 0.435. The molecule has 0 radical (unpaired) electrons. The third-order valence-electron chi connectivity index (χ3n) is 3.76. The zero-order valence-electron chi connectivity index (χ0n) is 12.3. The zero-order chi connectivity index (χ0) is 13.5. The van der Waals surface area contributed by atoms with Crippen molar-refractivity contribution in [1.29, 1.82) is 0 Å². The smallest absolute Gasteiger partial charge is 0.146 e. The molecule has 0 amide bonds. The Morgan fingerprint density at radius 3 is 2.33 bits per heavy atom. The predicted molar refractivity (Wildman–Crippen MR) is 68.7 cm³/mol. The summed E-state index contributed by atoms with van der Waals surface area (Å²) in [5.41, 5.74) is -0.446. The minimum atomic E-state index is -0.446. The molecule has 5 atom stereocenters. The number of rotatable bonds is 5. The van der Waals surface area contributed by atoms with Crippen LogP contribution in [0, 0.1) is 0 Å². The molecule has 4 nitrogen and oxygen atoms in total. The lowest BCUT2D eigenvalue weighted by Gasteiger charge is -2.36. The van der Waals surface area contributed by atoms with E-state index in [0.29, 0.717) is 6.61 Å². The summed E-state index contributed by atoms with van der Waals surface area (Å²) in [5, 5.41) is 0. The van der Waals surface area contributed by atoms with Crippen molar-refractivity contribution in [2.75, 3.05) is 6.61 Å². The molecule has 18 heavy (non-hydrogen) atoms. The van der Waals surface area contributed by atoms with Gasteiger partial charge in [-0.25, -0.2) is 0 Å². The molecule has 0 spiro atoms. The molecule has 2 aliphatic rings. The molecule has 0 unspecified atom stereocenters. The lowest BCUT2D eigenvalue weighted by atomic mass is 9.93. The highest BCUT2D eigenvalue weighted by Gasteiger charge is 2.65. The van der Waals surface area contributed by atoms with Gasteiger partial charge in [-0.2, -0.15) is 0 Å². The third kappa shape index (κ3) is 2.31. The molecule has 2 rings (SSSR count). The van der Waals surface area contributed by atoms with Gasteiger partial charge in [0.2, 0.25) is 0 Å². The molecule has 0 N–H and O–H groups in total. The van der Waals surface area contributed by atoms with Crippen molar-refractivity contribution in [1.82, 2.24) is 0 Å². The molecule has 2 fully saturated rings. The Bertz CT molecular complexity index is 292. The largest absolute Gasteiger partial charge is 0.376 e. The van der Waals surface area contributed by atoms with E-state index in [9.17, 15) is 0 Å². The molecule has 2 heterocycles.